The van der Waals surface area contributed by atoms with Gasteiger partial charge in [-0.25, -0.2) is 4.98 Å². The Morgan fingerprint density at radius 2 is 1.92 bits per heavy atom. The number of ether oxygens (including phenoxy) is 1. The smallest absolute Gasteiger partial charge is 0.250 e. The minimum Gasteiger partial charge on any atom is -0.489 e. The molecule has 25 heavy (non-hydrogen) atoms. The summed E-state index contributed by atoms with van der Waals surface area (Å²) < 4.78 is 7.48. The number of rotatable bonds is 6. The molecule has 0 fully saturated rings. The number of aryl methyl sites for hydroxylation is 1. The van der Waals surface area contributed by atoms with Crippen molar-refractivity contribution >= 4 is 17.9 Å². The van der Waals surface area contributed by atoms with E-state index in [1.807, 2.05) is 61.6 Å². The first-order valence-electron chi connectivity index (χ1n) is 7.94. The van der Waals surface area contributed by atoms with Crippen LogP contribution in [0.3, 0.4) is 0 Å². The van der Waals surface area contributed by atoms with E-state index in [0.29, 0.717) is 12.6 Å². The molecular weight excluding hydrogens is 314 g/mol. The van der Waals surface area contributed by atoms with Crippen LogP contribution >= 0.6 is 0 Å². The van der Waals surface area contributed by atoms with Crippen molar-refractivity contribution in [2.24, 2.45) is 7.05 Å². The Bertz CT molecular complexity index is 852. The van der Waals surface area contributed by atoms with Gasteiger partial charge in [0.2, 0.25) is 5.95 Å². The molecular formula is C20H19N3O2. The number of hydrogen-bond donors (Lipinski definition) is 1. The third kappa shape index (κ3) is 4.81. The predicted molar refractivity (Wildman–Crippen MR) is 98.1 cm³/mol. The number of hydrogen-bond acceptors (Lipinski definition) is 3. The molecule has 1 amide bonds. The Kier molecular flexibility index (Phi) is 5.26. The largest absolute Gasteiger partial charge is 0.489 e. The minimum atomic E-state index is -0.223. The van der Waals surface area contributed by atoms with Crippen molar-refractivity contribution in [2.45, 2.75) is 6.61 Å². The van der Waals surface area contributed by atoms with Gasteiger partial charge in [0.15, 0.2) is 0 Å². The Hall–Kier alpha value is -3.34. The second kappa shape index (κ2) is 7.97. The average molecular weight is 333 g/mol. The summed E-state index contributed by atoms with van der Waals surface area (Å²) in [6, 6.07) is 17.6. The number of carbonyl (C=O) groups is 1. The standard InChI is InChI=1S/C20H19N3O2/c1-23-14-13-21-20(23)22-19(24)12-9-16-7-10-18(11-8-16)25-15-17-5-3-2-4-6-17/h2-14H,15H2,1H3,(H,21,22,24)/b12-9+. The van der Waals surface area contributed by atoms with Crippen molar-refractivity contribution in [3.05, 3.63) is 84.2 Å². The van der Waals surface area contributed by atoms with Crippen LogP contribution in [-0.2, 0) is 18.4 Å². The van der Waals surface area contributed by atoms with E-state index < -0.39 is 0 Å². The van der Waals surface area contributed by atoms with E-state index in [1.165, 1.54) is 6.08 Å². The molecule has 5 heteroatoms. The highest BCUT2D eigenvalue weighted by atomic mass is 16.5. The lowest BCUT2D eigenvalue weighted by atomic mass is 10.2. The molecule has 5 nitrogen and oxygen atoms in total. The molecule has 1 aromatic heterocycles. The van der Waals surface area contributed by atoms with Crippen molar-refractivity contribution in [3.63, 3.8) is 0 Å². The number of carbonyl (C=O) groups excluding carboxylic acids is 1. The van der Waals surface area contributed by atoms with Crippen LogP contribution in [0.1, 0.15) is 11.1 Å². The number of anilines is 1. The summed E-state index contributed by atoms with van der Waals surface area (Å²) in [4.78, 5) is 15.9. The van der Waals surface area contributed by atoms with E-state index in [4.69, 9.17) is 4.74 Å². The third-order valence-corrected chi connectivity index (χ3v) is 3.61. The summed E-state index contributed by atoms with van der Waals surface area (Å²) >= 11 is 0. The molecule has 3 aromatic rings. The summed E-state index contributed by atoms with van der Waals surface area (Å²) in [5.41, 5.74) is 2.04. The maximum absolute atomic E-state index is 11.9. The summed E-state index contributed by atoms with van der Waals surface area (Å²) in [7, 11) is 1.82. The van der Waals surface area contributed by atoms with Gasteiger partial charge in [0.05, 0.1) is 0 Å². The summed E-state index contributed by atoms with van der Waals surface area (Å²) in [6.07, 6.45) is 6.63. The van der Waals surface area contributed by atoms with Crippen LogP contribution in [0.5, 0.6) is 5.75 Å². The van der Waals surface area contributed by atoms with Crippen LogP contribution < -0.4 is 10.1 Å². The second-order valence-corrected chi connectivity index (χ2v) is 5.53. The summed E-state index contributed by atoms with van der Waals surface area (Å²) in [5.74, 6) is 1.08. The van der Waals surface area contributed by atoms with Gasteiger partial charge in [0.1, 0.15) is 12.4 Å². The van der Waals surface area contributed by atoms with E-state index in [0.717, 1.165) is 16.9 Å². The molecule has 0 radical (unpaired) electrons. The number of nitrogens with one attached hydrogen (secondary N) is 1. The molecule has 0 saturated heterocycles. The van der Waals surface area contributed by atoms with Gasteiger partial charge in [-0.2, -0.15) is 0 Å². The summed E-state index contributed by atoms with van der Waals surface area (Å²) in [5, 5.41) is 2.71. The number of aromatic nitrogens is 2. The SMILES string of the molecule is Cn1ccnc1NC(=O)/C=C/c1ccc(OCc2ccccc2)cc1. The topological polar surface area (TPSA) is 56.2 Å². The first kappa shape index (κ1) is 16.5. The van der Waals surface area contributed by atoms with Crippen molar-refractivity contribution < 1.29 is 9.53 Å². The van der Waals surface area contributed by atoms with Crippen LogP contribution in [0.4, 0.5) is 5.95 Å². The van der Waals surface area contributed by atoms with Gasteiger partial charge in [-0.05, 0) is 29.3 Å². The molecule has 0 aliphatic heterocycles. The van der Waals surface area contributed by atoms with Gasteiger partial charge < -0.3 is 9.30 Å². The first-order chi connectivity index (χ1) is 12.2. The minimum absolute atomic E-state index is 0.223. The monoisotopic (exact) mass is 333 g/mol. The number of benzene rings is 2. The lowest BCUT2D eigenvalue weighted by Gasteiger charge is -2.06. The van der Waals surface area contributed by atoms with Gasteiger partial charge in [0.25, 0.3) is 5.91 Å². The lowest BCUT2D eigenvalue weighted by Crippen LogP contribution is -2.11. The van der Waals surface area contributed by atoms with E-state index in [-0.39, 0.29) is 5.91 Å². The zero-order chi connectivity index (χ0) is 17.5. The van der Waals surface area contributed by atoms with Crippen LogP contribution in [-0.4, -0.2) is 15.5 Å². The van der Waals surface area contributed by atoms with Crippen molar-refractivity contribution in [3.8, 4) is 5.75 Å². The highest BCUT2D eigenvalue weighted by molar-refractivity contribution is 6.00. The average Bonchev–Trinajstić information content (AvgIpc) is 3.04. The Balaban J connectivity index is 1.53. The van der Waals surface area contributed by atoms with Crippen LogP contribution in [0.15, 0.2) is 73.1 Å². The zero-order valence-electron chi connectivity index (χ0n) is 13.9. The van der Waals surface area contributed by atoms with Gasteiger partial charge in [-0.15, -0.1) is 0 Å². The maximum Gasteiger partial charge on any atom is 0.250 e. The molecule has 0 aliphatic carbocycles. The van der Waals surface area contributed by atoms with Gasteiger partial charge >= 0.3 is 0 Å². The predicted octanol–water partition coefficient (Wildman–Crippen LogP) is 3.65. The molecule has 0 unspecified atom stereocenters. The first-order valence-corrected chi connectivity index (χ1v) is 7.94. The number of amides is 1. The van der Waals surface area contributed by atoms with E-state index >= 15 is 0 Å². The molecule has 2 aromatic carbocycles. The Morgan fingerprint density at radius 1 is 1.16 bits per heavy atom. The van der Waals surface area contributed by atoms with Crippen molar-refractivity contribution in [1.82, 2.24) is 9.55 Å². The van der Waals surface area contributed by atoms with Crippen molar-refractivity contribution in [2.75, 3.05) is 5.32 Å². The van der Waals surface area contributed by atoms with Crippen molar-refractivity contribution in [1.29, 1.82) is 0 Å². The Labute approximate surface area is 146 Å². The fraction of sp³-hybridized carbons (Fsp3) is 0.100. The number of imidazole rings is 1. The van der Waals surface area contributed by atoms with Gasteiger partial charge in [-0.1, -0.05) is 42.5 Å². The molecule has 0 spiro atoms. The second-order valence-electron chi connectivity index (χ2n) is 5.53. The van der Waals surface area contributed by atoms with Crippen LogP contribution in [0.25, 0.3) is 6.08 Å². The molecule has 126 valence electrons. The number of nitrogens with zero attached hydrogens (tertiary/aromatic N) is 2. The maximum atomic E-state index is 11.9. The quantitative estimate of drug-likeness (QED) is 0.701. The van der Waals surface area contributed by atoms with Gasteiger partial charge in [0, 0.05) is 25.5 Å². The zero-order valence-corrected chi connectivity index (χ0v) is 13.9. The molecule has 0 atom stereocenters. The third-order valence-electron chi connectivity index (χ3n) is 3.61. The summed E-state index contributed by atoms with van der Waals surface area (Å²) in [6.45, 7) is 0.530. The van der Waals surface area contributed by atoms with E-state index in [1.54, 1.807) is 23.0 Å². The highest BCUT2D eigenvalue weighted by Crippen LogP contribution is 2.15. The fourth-order valence-corrected chi connectivity index (χ4v) is 2.23. The molecule has 1 heterocycles. The lowest BCUT2D eigenvalue weighted by molar-refractivity contribution is -0.111. The molecule has 0 bridgehead atoms. The highest BCUT2D eigenvalue weighted by Gasteiger charge is 2.02. The van der Waals surface area contributed by atoms with Crippen LogP contribution in [0, 0.1) is 0 Å². The molecule has 0 aliphatic rings. The van der Waals surface area contributed by atoms with E-state index in [2.05, 4.69) is 10.3 Å². The molecule has 3 rings (SSSR count). The molecule has 1 N–H and O–H groups in total. The van der Waals surface area contributed by atoms with Crippen LogP contribution in [0.2, 0.25) is 0 Å². The van der Waals surface area contributed by atoms with Gasteiger partial charge in [-0.3, -0.25) is 10.1 Å². The fourth-order valence-electron chi connectivity index (χ4n) is 2.23. The normalized spacial score (nSPS) is 10.8. The van der Waals surface area contributed by atoms with E-state index in [9.17, 15) is 4.79 Å². The molecule has 0 saturated carbocycles. The Morgan fingerprint density at radius 3 is 2.60 bits per heavy atom.